The van der Waals surface area contributed by atoms with Crippen LogP contribution in [0.1, 0.15) is 16.7 Å². The Bertz CT molecular complexity index is 1270. The third-order valence-corrected chi connectivity index (χ3v) is 5.52. The third-order valence-electron chi connectivity index (χ3n) is 4.92. The number of hydrogen-bond donors (Lipinski definition) is 0. The van der Waals surface area contributed by atoms with Gasteiger partial charge in [0.1, 0.15) is 12.4 Å². The van der Waals surface area contributed by atoms with E-state index in [0.29, 0.717) is 26.7 Å². The maximum absolute atomic E-state index is 13.5. The molecule has 4 aromatic rings. The van der Waals surface area contributed by atoms with Crippen LogP contribution < -0.4 is 4.74 Å². The van der Waals surface area contributed by atoms with Gasteiger partial charge in [0, 0.05) is 27.2 Å². The lowest BCUT2D eigenvalue weighted by molar-refractivity contribution is -0.136. The van der Waals surface area contributed by atoms with Crippen LogP contribution in [0.4, 0.5) is 13.2 Å². The summed E-state index contributed by atoms with van der Waals surface area (Å²) in [6.45, 7) is 2.03. The molecule has 0 radical (unpaired) electrons. The first-order chi connectivity index (χ1) is 14.7. The fourth-order valence-corrected chi connectivity index (χ4v) is 3.86. The number of hydrogen-bond acceptors (Lipinski definition) is 2. The number of nitrogens with zero attached hydrogens (tertiary/aromatic N) is 1. The molecular weight excluding hydrogens is 446 g/mol. The predicted molar refractivity (Wildman–Crippen MR) is 118 cm³/mol. The molecule has 0 aliphatic rings. The molecule has 3 aromatic carbocycles. The van der Waals surface area contributed by atoms with Crippen molar-refractivity contribution < 1.29 is 17.9 Å². The molecule has 2 nitrogen and oxygen atoms in total. The quantitative estimate of drug-likeness (QED) is 0.306. The second-order valence-corrected chi connectivity index (χ2v) is 7.91. The number of fused-ring (bicyclic) bond motifs is 1. The topological polar surface area (TPSA) is 22.1 Å². The second-order valence-electron chi connectivity index (χ2n) is 7.07. The van der Waals surface area contributed by atoms with E-state index in [0.717, 1.165) is 22.8 Å². The summed E-state index contributed by atoms with van der Waals surface area (Å²) in [5, 5.41) is 1.53. The maximum atomic E-state index is 13.5. The highest BCUT2D eigenvalue weighted by Crippen LogP contribution is 2.39. The summed E-state index contributed by atoms with van der Waals surface area (Å²) in [5.41, 5.74) is 2.09. The number of rotatable bonds is 4. The Balaban J connectivity index is 1.74. The van der Waals surface area contributed by atoms with Gasteiger partial charge in [0.2, 0.25) is 0 Å². The lowest BCUT2D eigenvalue weighted by Crippen LogP contribution is -2.07. The smallest absolute Gasteiger partial charge is 0.418 e. The molecule has 0 spiro atoms. The molecule has 7 heteroatoms. The monoisotopic (exact) mass is 461 g/mol. The molecule has 0 aliphatic carbocycles. The van der Waals surface area contributed by atoms with Gasteiger partial charge in [0.15, 0.2) is 0 Å². The summed E-state index contributed by atoms with van der Waals surface area (Å²) in [4.78, 5) is 4.07. The van der Waals surface area contributed by atoms with Crippen molar-refractivity contribution in [3.8, 4) is 16.9 Å². The fraction of sp³-hybridized carbons (Fsp3) is 0.125. The van der Waals surface area contributed by atoms with E-state index >= 15 is 0 Å². The van der Waals surface area contributed by atoms with Gasteiger partial charge < -0.3 is 4.74 Å². The van der Waals surface area contributed by atoms with Crippen molar-refractivity contribution in [2.75, 3.05) is 0 Å². The molecular formula is C24H16Cl2F3NO. The molecule has 1 heterocycles. The molecule has 1 aromatic heterocycles. The molecule has 158 valence electrons. The van der Waals surface area contributed by atoms with Crippen molar-refractivity contribution in [1.82, 2.24) is 4.98 Å². The molecule has 0 fully saturated rings. The molecule has 0 saturated heterocycles. The largest absolute Gasteiger partial charge is 0.489 e. The van der Waals surface area contributed by atoms with Crippen molar-refractivity contribution >= 4 is 34.1 Å². The van der Waals surface area contributed by atoms with E-state index in [-0.39, 0.29) is 12.1 Å². The standard InChI is InChI=1S/C24H16Cl2F3NO/c1-14-12-30-23-19(6-3-7-20(23)24(27,28)29)22(14)15-4-2-5-18(11-15)31-13-16-10-17(25)8-9-21(16)26/h2-12H,13H2,1H3. The summed E-state index contributed by atoms with van der Waals surface area (Å²) < 4.78 is 46.3. The van der Waals surface area contributed by atoms with Crippen LogP contribution in [-0.2, 0) is 12.8 Å². The minimum absolute atomic E-state index is 0.0763. The Kier molecular flexibility index (Phi) is 5.82. The van der Waals surface area contributed by atoms with E-state index in [1.807, 2.05) is 13.0 Å². The van der Waals surface area contributed by atoms with Crippen LogP contribution >= 0.6 is 23.2 Å². The minimum Gasteiger partial charge on any atom is -0.489 e. The van der Waals surface area contributed by atoms with Gasteiger partial charge in [0.05, 0.1) is 11.1 Å². The molecule has 4 rings (SSSR count). The van der Waals surface area contributed by atoms with Gasteiger partial charge in [0.25, 0.3) is 0 Å². The Hall–Kier alpha value is -2.76. The van der Waals surface area contributed by atoms with Crippen molar-refractivity contribution in [1.29, 1.82) is 0 Å². The number of para-hydroxylation sites is 1. The van der Waals surface area contributed by atoms with Crippen LogP contribution in [-0.4, -0.2) is 4.98 Å². The first-order valence-corrected chi connectivity index (χ1v) is 10.1. The summed E-state index contributed by atoms with van der Waals surface area (Å²) in [5.74, 6) is 0.560. The van der Waals surface area contributed by atoms with Gasteiger partial charge in [-0.05, 0) is 60.0 Å². The summed E-state index contributed by atoms with van der Waals surface area (Å²) in [7, 11) is 0. The predicted octanol–water partition coefficient (Wildman–Crippen LogP) is 8.11. The van der Waals surface area contributed by atoms with Crippen molar-refractivity contribution in [3.63, 3.8) is 0 Å². The number of alkyl halides is 3. The van der Waals surface area contributed by atoms with Gasteiger partial charge in [-0.25, -0.2) is 0 Å². The normalized spacial score (nSPS) is 11.7. The van der Waals surface area contributed by atoms with Crippen molar-refractivity contribution in [3.05, 3.63) is 93.6 Å². The van der Waals surface area contributed by atoms with E-state index in [4.69, 9.17) is 27.9 Å². The van der Waals surface area contributed by atoms with Gasteiger partial charge in [-0.1, -0.05) is 47.5 Å². The van der Waals surface area contributed by atoms with Gasteiger partial charge in [-0.2, -0.15) is 13.2 Å². The number of ether oxygens (including phenoxy) is 1. The molecule has 0 aliphatic heterocycles. The Labute approximate surface area is 187 Å². The van der Waals surface area contributed by atoms with Crippen LogP contribution in [0.15, 0.2) is 66.9 Å². The number of aryl methyl sites for hydroxylation is 1. The maximum Gasteiger partial charge on any atom is 0.418 e. The second kappa shape index (κ2) is 8.40. The zero-order valence-electron chi connectivity index (χ0n) is 16.3. The average molecular weight is 462 g/mol. The van der Waals surface area contributed by atoms with Gasteiger partial charge in [-0.15, -0.1) is 0 Å². The molecule has 0 unspecified atom stereocenters. The molecule has 0 atom stereocenters. The molecule has 0 saturated carbocycles. The van der Waals surface area contributed by atoms with Crippen LogP contribution in [0.25, 0.3) is 22.0 Å². The summed E-state index contributed by atoms with van der Waals surface area (Å²) in [6.07, 6.45) is -3.02. The van der Waals surface area contributed by atoms with E-state index in [9.17, 15) is 13.2 Å². The van der Waals surface area contributed by atoms with Crippen LogP contribution in [0.5, 0.6) is 5.75 Å². The lowest BCUT2D eigenvalue weighted by atomic mass is 9.95. The van der Waals surface area contributed by atoms with E-state index in [1.54, 1.807) is 42.5 Å². The lowest BCUT2D eigenvalue weighted by Gasteiger charge is -2.15. The fourth-order valence-electron chi connectivity index (χ4n) is 3.49. The number of halogens is 5. The van der Waals surface area contributed by atoms with Crippen LogP contribution in [0.3, 0.4) is 0 Å². The zero-order chi connectivity index (χ0) is 22.2. The van der Waals surface area contributed by atoms with E-state index < -0.39 is 11.7 Å². The van der Waals surface area contributed by atoms with Crippen LogP contribution in [0, 0.1) is 6.92 Å². The Morgan fingerprint density at radius 2 is 1.74 bits per heavy atom. The van der Waals surface area contributed by atoms with E-state index in [1.165, 1.54) is 12.3 Å². The average Bonchev–Trinajstić information content (AvgIpc) is 2.73. The van der Waals surface area contributed by atoms with Crippen molar-refractivity contribution in [2.24, 2.45) is 0 Å². The number of benzene rings is 3. The Morgan fingerprint density at radius 1 is 0.968 bits per heavy atom. The SMILES string of the molecule is Cc1cnc2c(C(F)(F)F)cccc2c1-c1cccc(OCc2cc(Cl)ccc2Cl)c1. The molecule has 31 heavy (non-hydrogen) atoms. The summed E-state index contributed by atoms with van der Waals surface area (Å²) >= 11 is 12.2. The highest BCUT2D eigenvalue weighted by Gasteiger charge is 2.33. The first-order valence-electron chi connectivity index (χ1n) is 9.37. The highest BCUT2D eigenvalue weighted by molar-refractivity contribution is 6.33. The number of pyridine rings is 1. The zero-order valence-corrected chi connectivity index (χ0v) is 17.8. The highest BCUT2D eigenvalue weighted by atomic mass is 35.5. The Morgan fingerprint density at radius 3 is 2.52 bits per heavy atom. The third kappa shape index (κ3) is 4.48. The van der Waals surface area contributed by atoms with Gasteiger partial charge in [-0.3, -0.25) is 4.98 Å². The molecule has 0 bridgehead atoms. The van der Waals surface area contributed by atoms with Gasteiger partial charge >= 0.3 is 6.18 Å². The number of aromatic nitrogens is 1. The first kappa shape index (κ1) is 21.5. The molecule has 0 N–H and O–H groups in total. The molecule has 0 amide bonds. The summed E-state index contributed by atoms with van der Waals surface area (Å²) in [6, 6.07) is 16.4. The minimum atomic E-state index is -4.49. The van der Waals surface area contributed by atoms with Crippen LogP contribution in [0.2, 0.25) is 10.0 Å². The van der Waals surface area contributed by atoms with E-state index in [2.05, 4.69) is 4.98 Å². The van der Waals surface area contributed by atoms with Crippen molar-refractivity contribution in [2.45, 2.75) is 19.7 Å².